The minimum Gasteiger partial charge on any atom is -0.480 e. The van der Waals surface area contributed by atoms with Gasteiger partial charge in [-0.05, 0) is 12.5 Å². The highest BCUT2D eigenvalue weighted by molar-refractivity contribution is 7.88. The van der Waals surface area contributed by atoms with Crippen LogP contribution in [0, 0.1) is 6.92 Å². The molecule has 0 atom stereocenters. The zero-order chi connectivity index (χ0) is 12.2. The number of benzene rings is 1. The van der Waals surface area contributed by atoms with Gasteiger partial charge in [0.05, 0.1) is 5.75 Å². The molecule has 0 aliphatic heterocycles. The highest BCUT2D eigenvalue weighted by atomic mass is 32.2. The SMILES string of the molecule is Cc1cccc(CS(=O)(=O)NCC(=O)O)c1. The van der Waals surface area contributed by atoms with Crippen molar-refractivity contribution in [3.05, 3.63) is 35.4 Å². The Kier molecular flexibility index (Phi) is 4.03. The van der Waals surface area contributed by atoms with Gasteiger partial charge in [0.25, 0.3) is 0 Å². The Morgan fingerprint density at radius 3 is 2.69 bits per heavy atom. The normalized spacial score (nSPS) is 11.3. The lowest BCUT2D eigenvalue weighted by Gasteiger charge is -2.05. The van der Waals surface area contributed by atoms with Gasteiger partial charge in [-0.15, -0.1) is 0 Å². The van der Waals surface area contributed by atoms with Gasteiger partial charge < -0.3 is 5.11 Å². The van der Waals surface area contributed by atoms with E-state index in [9.17, 15) is 13.2 Å². The molecule has 1 rings (SSSR count). The fraction of sp³-hybridized carbons (Fsp3) is 0.300. The summed E-state index contributed by atoms with van der Waals surface area (Å²) in [5.41, 5.74) is 1.60. The van der Waals surface area contributed by atoms with E-state index in [0.717, 1.165) is 5.56 Å². The number of nitrogens with one attached hydrogen (secondary N) is 1. The van der Waals surface area contributed by atoms with Crippen LogP contribution in [0.5, 0.6) is 0 Å². The summed E-state index contributed by atoms with van der Waals surface area (Å²) in [5, 5.41) is 8.36. The molecule has 6 heteroatoms. The second-order valence-corrected chi connectivity index (χ2v) is 5.27. The van der Waals surface area contributed by atoms with Crippen molar-refractivity contribution in [2.75, 3.05) is 6.54 Å². The molecule has 1 aromatic carbocycles. The monoisotopic (exact) mass is 243 g/mol. The summed E-state index contributed by atoms with van der Waals surface area (Å²) in [6.07, 6.45) is 0. The molecule has 0 aliphatic rings. The van der Waals surface area contributed by atoms with Gasteiger partial charge in [-0.3, -0.25) is 4.79 Å². The Labute approximate surface area is 94.2 Å². The van der Waals surface area contributed by atoms with Crippen molar-refractivity contribution in [1.29, 1.82) is 0 Å². The lowest BCUT2D eigenvalue weighted by Crippen LogP contribution is -2.30. The lowest BCUT2D eigenvalue weighted by atomic mass is 10.2. The predicted octanol–water partition coefficient (Wildman–Crippen LogP) is 0.499. The number of carboxylic acids is 1. The molecule has 0 aromatic heterocycles. The Balaban J connectivity index is 2.69. The Morgan fingerprint density at radius 1 is 1.44 bits per heavy atom. The van der Waals surface area contributed by atoms with E-state index >= 15 is 0 Å². The van der Waals surface area contributed by atoms with E-state index in [4.69, 9.17) is 5.11 Å². The Morgan fingerprint density at radius 2 is 2.12 bits per heavy atom. The van der Waals surface area contributed by atoms with Crippen LogP contribution in [-0.2, 0) is 20.6 Å². The van der Waals surface area contributed by atoms with Crippen molar-refractivity contribution in [3.63, 3.8) is 0 Å². The third kappa shape index (κ3) is 4.41. The maximum atomic E-state index is 11.4. The first-order chi connectivity index (χ1) is 7.39. The molecular weight excluding hydrogens is 230 g/mol. The summed E-state index contributed by atoms with van der Waals surface area (Å²) < 4.78 is 24.9. The molecular formula is C10H13NO4S. The van der Waals surface area contributed by atoms with E-state index in [1.54, 1.807) is 18.2 Å². The summed E-state index contributed by atoms with van der Waals surface area (Å²) in [4.78, 5) is 10.2. The molecule has 0 bridgehead atoms. The smallest absolute Gasteiger partial charge is 0.318 e. The summed E-state index contributed by atoms with van der Waals surface area (Å²) in [6, 6.07) is 7.06. The number of rotatable bonds is 5. The fourth-order valence-electron chi connectivity index (χ4n) is 1.24. The molecule has 88 valence electrons. The molecule has 0 saturated heterocycles. The van der Waals surface area contributed by atoms with Gasteiger partial charge in [0.2, 0.25) is 10.0 Å². The van der Waals surface area contributed by atoms with E-state index in [0.29, 0.717) is 5.56 Å². The molecule has 0 radical (unpaired) electrons. The summed E-state index contributed by atoms with van der Waals surface area (Å²) in [7, 11) is -3.58. The topological polar surface area (TPSA) is 83.5 Å². The van der Waals surface area contributed by atoms with Crippen molar-refractivity contribution >= 4 is 16.0 Å². The number of hydrogen-bond donors (Lipinski definition) is 2. The van der Waals surface area contributed by atoms with E-state index in [1.165, 1.54) is 0 Å². The first kappa shape index (κ1) is 12.7. The minimum absolute atomic E-state index is 0.206. The van der Waals surface area contributed by atoms with E-state index in [2.05, 4.69) is 0 Å². The fourth-order valence-corrected chi connectivity index (χ4v) is 2.31. The molecule has 0 fully saturated rings. The first-order valence-corrected chi connectivity index (χ1v) is 6.29. The van der Waals surface area contributed by atoms with Crippen LogP contribution in [0.2, 0.25) is 0 Å². The third-order valence-electron chi connectivity index (χ3n) is 1.88. The quantitative estimate of drug-likeness (QED) is 0.788. The van der Waals surface area contributed by atoms with Gasteiger partial charge in [-0.2, -0.15) is 0 Å². The first-order valence-electron chi connectivity index (χ1n) is 4.64. The number of sulfonamides is 1. The molecule has 2 N–H and O–H groups in total. The Bertz CT molecular complexity index is 481. The van der Waals surface area contributed by atoms with Crippen molar-refractivity contribution in [2.45, 2.75) is 12.7 Å². The largest absolute Gasteiger partial charge is 0.480 e. The lowest BCUT2D eigenvalue weighted by molar-refractivity contribution is -0.135. The molecule has 0 spiro atoms. The highest BCUT2D eigenvalue weighted by Crippen LogP contribution is 2.07. The van der Waals surface area contributed by atoms with Gasteiger partial charge in [-0.25, -0.2) is 13.1 Å². The molecule has 0 heterocycles. The van der Waals surface area contributed by atoms with Crippen LogP contribution in [0.3, 0.4) is 0 Å². The van der Waals surface area contributed by atoms with Crippen LogP contribution in [0.25, 0.3) is 0 Å². The van der Waals surface area contributed by atoms with Gasteiger partial charge in [-0.1, -0.05) is 29.8 Å². The minimum atomic E-state index is -3.58. The summed E-state index contributed by atoms with van der Waals surface area (Å²) in [6.45, 7) is 1.27. The molecule has 0 amide bonds. The number of hydrogen-bond acceptors (Lipinski definition) is 3. The number of carbonyl (C=O) groups is 1. The predicted molar refractivity (Wildman–Crippen MR) is 59.4 cm³/mol. The average molecular weight is 243 g/mol. The van der Waals surface area contributed by atoms with Gasteiger partial charge in [0, 0.05) is 0 Å². The molecule has 5 nitrogen and oxygen atoms in total. The molecule has 0 saturated carbocycles. The standard InChI is InChI=1S/C10H13NO4S/c1-8-3-2-4-9(5-8)7-16(14,15)11-6-10(12)13/h2-5,11H,6-7H2,1H3,(H,12,13). The maximum absolute atomic E-state index is 11.4. The Hall–Kier alpha value is -1.40. The highest BCUT2D eigenvalue weighted by Gasteiger charge is 2.12. The average Bonchev–Trinajstić information content (AvgIpc) is 2.14. The van der Waals surface area contributed by atoms with Crippen LogP contribution in [0.1, 0.15) is 11.1 Å². The molecule has 0 aliphatic carbocycles. The van der Waals surface area contributed by atoms with Crippen LogP contribution >= 0.6 is 0 Å². The molecule has 1 aromatic rings. The van der Waals surface area contributed by atoms with Crippen molar-refractivity contribution in [3.8, 4) is 0 Å². The zero-order valence-corrected chi connectivity index (χ0v) is 9.62. The third-order valence-corrected chi connectivity index (χ3v) is 3.18. The van der Waals surface area contributed by atoms with E-state index < -0.39 is 22.5 Å². The number of aliphatic carboxylic acids is 1. The van der Waals surface area contributed by atoms with Gasteiger partial charge in [0.15, 0.2) is 0 Å². The van der Waals surface area contributed by atoms with E-state index in [1.807, 2.05) is 17.7 Å². The van der Waals surface area contributed by atoms with Gasteiger partial charge >= 0.3 is 5.97 Å². The summed E-state index contributed by atoms with van der Waals surface area (Å²) >= 11 is 0. The van der Waals surface area contributed by atoms with Crippen LogP contribution in [-0.4, -0.2) is 26.0 Å². The van der Waals surface area contributed by atoms with Crippen molar-refractivity contribution < 1.29 is 18.3 Å². The van der Waals surface area contributed by atoms with E-state index in [-0.39, 0.29) is 5.75 Å². The molecule has 16 heavy (non-hydrogen) atoms. The second kappa shape index (κ2) is 5.09. The van der Waals surface area contributed by atoms with Crippen molar-refractivity contribution in [2.24, 2.45) is 0 Å². The number of carboxylic acid groups (broad SMARTS) is 1. The van der Waals surface area contributed by atoms with Crippen molar-refractivity contribution in [1.82, 2.24) is 4.72 Å². The maximum Gasteiger partial charge on any atom is 0.318 e. The number of aryl methyl sites for hydroxylation is 1. The zero-order valence-electron chi connectivity index (χ0n) is 8.80. The van der Waals surface area contributed by atoms with Crippen LogP contribution < -0.4 is 4.72 Å². The van der Waals surface area contributed by atoms with Gasteiger partial charge in [0.1, 0.15) is 6.54 Å². The van der Waals surface area contributed by atoms with Crippen LogP contribution in [0.15, 0.2) is 24.3 Å². The summed E-state index contributed by atoms with van der Waals surface area (Å²) in [5.74, 6) is -1.41. The van der Waals surface area contributed by atoms with Crippen LogP contribution in [0.4, 0.5) is 0 Å². The second-order valence-electron chi connectivity index (χ2n) is 3.46. The molecule has 0 unspecified atom stereocenters.